The van der Waals surface area contributed by atoms with Gasteiger partial charge >= 0.3 is 6.18 Å². The number of fused-ring (bicyclic) bond motifs is 1. The zero-order valence-corrected chi connectivity index (χ0v) is 23.1. The van der Waals surface area contributed by atoms with Gasteiger partial charge in [-0.3, -0.25) is 14.8 Å². The summed E-state index contributed by atoms with van der Waals surface area (Å²) in [5.41, 5.74) is 3.28. The highest BCUT2D eigenvalue weighted by Gasteiger charge is 2.34. The molecule has 4 aromatic rings. The molecule has 6 rings (SSSR count). The van der Waals surface area contributed by atoms with Crippen LogP contribution in [0.4, 0.5) is 24.9 Å². The summed E-state index contributed by atoms with van der Waals surface area (Å²) in [5.74, 6) is 0.0152. The van der Waals surface area contributed by atoms with Gasteiger partial charge in [-0.15, -0.1) is 11.3 Å². The number of hydrogen-bond acceptors (Lipinski definition) is 9. The van der Waals surface area contributed by atoms with Gasteiger partial charge in [-0.25, -0.2) is 4.98 Å². The number of ether oxygens (including phenoxy) is 1. The van der Waals surface area contributed by atoms with Crippen LogP contribution >= 0.6 is 11.3 Å². The SMILES string of the molecule is Cc1sc2c(c1C)C(c1ccccc1)=NC(Nc1ncc(-c3ncc(C(F)(F)F)cc3N3CCOCC3)o1)C(=O)C2. The average molecular weight is 582 g/mol. The van der Waals surface area contributed by atoms with Crippen LogP contribution in [0, 0.1) is 13.8 Å². The fourth-order valence-corrected chi connectivity index (χ4v) is 6.18. The molecule has 212 valence electrons. The van der Waals surface area contributed by atoms with E-state index in [0.29, 0.717) is 32.0 Å². The molecular formula is C29H26F3N5O3S. The number of rotatable bonds is 5. The van der Waals surface area contributed by atoms with E-state index in [1.807, 2.05) is 44.2 Å². The molecule has 12 heteroatoms. The molecule has 1 unspecified atom stereocenters. The maximum atomic E-state index is 13.5. The number of ketones is 1. The Morgan fingerprint density at radius 1 is 1.07 bits per heavy atom. The number of hydrogen-bond donors (Lipinski definition) is 1. The van der Waals surface area contributed by atoms with Gasteiger partial charge < -0.3 is 19.4 Å². The molecule has 41 heavy (non-hydrogen) atoms. The van der Waals surface area contributed by atoms with E-state index < -0.39 is 17.9 Å². The Balaban J connectivity index is 1.35. The Labute approximate surface area is 237 Å². The van der Waals surface area contributed by atoms with Crippen molar-refractivity contribution >= 4 is 34.5 Å². The molecule has 1 atom stereocenters. The monoisotopic (exact) mass is 581 g/mol. The molecular weight excluding hydrogens is 555 g/mol. The first-order valence-corrected chi connectivity index (χ1v) is 13.9. The van der Waals surface area contributed by atoms with Gasteiger partial charge in [-0.1, -0.05) is 30.3 Å². The number of carbonyl (C=O) groups is 1. The van der Waals surface area contributed by atoms with Crippen molar-refractivity contribution in [2.45, 2.75) is 32.6 Å². The van der Waals surface area contributed by atoms with E-state index in [4.69, 9.17) is 14.1 Å². The highest BCUT2D eigenvalue weighted by atomic mass is 32.1. The lowest BCUT2D eigenvalue weighted by Gasteiger charge is -2.30. The number of anilines is 2. The predicted molar refractivity (Wildman–Crippen MR) is 150 cm³/mol. The number of morpholine rings is 1. The molecule has 1 saturated heterocycles. The van der Waals surface area contributed by atoms with Crippen LogP contribution in [-0.2, 0) is 22.1 Å². The van der Waals surface area contributed by atoms with Crippen LogP contribution in [0.25, 0.3) is 11.5 Å². The predicted octanol–water partition coefficient (Wildman–Crippen LogP) is 5.67. The molecule has 0 saturated carbocycles. The standard InChI is InChI=1S/C29H26F3N5O3S/c1-16-17(2)41-23-13-21(38)27(35-25(24(16)23)18-6-4-3-5-7-18)36-28-34-15-22(40-28)26-20(37-8-10-39-11-9-37)12-19(14-33-26)29(30,31)32/h3-7,12,14-15,27H,8-11,13H2,1-2H3,(H,34,36). The maximum Gasteiger partial charge on any atom is 0.417 e. The normalized spacial score (nSPS) is 17.7. The number of aromatic nitrogens is 2. The molecule has 2 aliphatic heterocycles. The quantitative estimate of drug-likeness (QED) is 0.325. The van der Waals surface area contributed by atoms with Crippen molar-refractivity contribution in [1.82, 2.24) is 9.97 Å². The van der Waals surface area contributed by atoms with E-state index in [9.17, 15) is 18.0 Å². The van der Waals surface area contributed by atoms with E-state index >= 15 is 0 Å². The highest BCUT2D eigenvalue weighted by molar-refractivity contribution is 7.12. The smallest absolute Gasteiger partial charge is 0.417 e. The lowest BCUT2D eigenvalue weighted by atomic mass is 9.98. The van der Waals surface area contributed by atoms with Gasteiger partial charge in [0.1, 0.15) is 5.69 Å². The summed E-state index contributed by atoms with van der Waals surface area (Å²) in [4.78, 5) is 30.5. The molecule has 2 aliphatic rings. The number of pyridine rings is 1. The van der Waals surface area contributed by atoms with Crippen molar-refractivity contribution in [2.24, 2.45) is 4.99 Å². The van der Waals surface area contributed by atoms with E-state index in [-0.39, 0.29) is 35.4 Å². The molecule has 0 aliphatic carbocycles. The van der Waals surface area contributed by atoms with Crippen molar-refractivity contribution in [3.8, 4) is 11.5 Å². The van der Waals surface area contributed by atoms with Crippen molar-refractivity contribution in [3.63, 3.8) is 0 Å². The number of oxazole rings is 1. The summed E-state index contributed by atoms with van der Waals surface area (Å²) in [5, 5.41) is 3.00. The van der Waals surface area contributed by atoms with Crippen LogP contribution in [0.3, 0.4) is 0 Å². The Bertz CT molecular complexity index is 1620. The van der Waals surface area contributed by atoms with Crippen molar-refractivity contribution in [2.75, 3.05) is 36.5 Å². The summed E-state index contributed by atoms with van der Waals surface area (Å²) in [6.45, 7) is 5.65. The molecule has 1 fully saturated rings. The maximum absolute atomic E-state index is 13.5. The number of Topliss-reactive ketones (excluding diaryl/α,β-unsaturated/α-hetero) is 1. The van der Waals surface area contributed by atoms with Crippen LogP contribution in [0.5, 0.6) is 0 Å². The third-order valence-corrected chi connectivity index (χ3v) is 8.39. The molecule has 0 bridgehead atoms. The second-order valence-electron chi connectivity index (χ2n) is 9.83. The largest absolute Gasteiger partial charge is 0.422 e. The first kappa shape index (κ1) is 27.2. The number of alkyl halides is 3. The number of carbonyl (C=O) groups excluding carboxylic acids is 1. The van der Waals surface area contributed by atoms with Gasteiger partial charge in [-0.2, -0.15) is 13.2 Å². The number of nitrogens with zero attached hydrogens (tertiary/aromatic N) is 4. The Morgan fingerprint density at radius 3 is 2.56 bits per heavy atom. The number of thiophene rings is 1. The van der Waals surface area contributed by atoms with Crippen LogP contribution in [-0.4, -0.2) is 53.9 Å². The summed E-state index contributed by atoms with van der Waals surface area (Å²) >= 11 is 1.59. The van der Waals surface area contributed by atoms with Crippen LogP contribution in [0.2, 0.25) is 0 Å². The number of halogens is 3. The van der Waals surface area contributed by atoms with Gasteiger partial charge in [0.05, 0.1) is 36.4 Å². The van der Waals surface area contributed by atoms with E-state index in [1.54, 1.807) is 16.2 Å². The Hall–Kier alpha value is -4.03. The molecule has 1 aromatic carbocycles. The van der Waals surface area contributed by atoms with E-state index in [1.165, 1.54) is 6.20 Å². The molecule has 0 amide bonds. The topological polar surface area (TPSA) is 92.8 Å². The van der Waals surface area contributed by atoms with E-state index in [0.717, 1.165) is 38.7 Å². The summed E-state index contributed by atoms with van der Waals surface area (Å²) in [6, 6.07) is 10.8. The zero-order chi connectivity index (χ0) is 28.7. The van der Waals surface area contributed by atoms with Crippen LogP contribution in [0.15, 0.2) is 58.2 Å². The van der Waals surface area contributed by atoms with Crippen molar-refractivity contribution in [1.29, 1.82) is 0 Å². The van der Waals surface area contributed by atoms with Gasteiger partial charge in [-0.05, 0) is 25.5 Å². The lowest BCUT2D eigenvalue weighted by molar-refractivity contribution is -0.137. The number of aliphatic imine (C=N–C) groups is 1. The minimum atomic E-state index is -4.55. The summed E-state index contributed by atoms with van der Waals surface area (Å²) in [7, 11) is 0. The fourth-order valence-electron chi connectivity index (χ4n) is 4.99. The van der Waals surface area contributed by atoms with Gasteiger partial charge in [0.15, 0.2) is 17.7 Å². The molecule has 1 N–H and O–H groups in total. The third-order valence-electron chi connectivity index (χ3n) is 7.19. The summed E-state index contributed by atoms with van der Waals surface area (Å²) < 4.78 is 51.8. The zero-order valence-electron chi connectivity index (χ0n) is 22.3. The van der Waals surface area contributed by atoms with Gasteiger partial charge in [0.25, 0.3) is 6.01 Å². The Morgan fingerprint density at radius 2 is 1.83 bits per heavy atom. The van der Waals surface area contributed by atoms with Crippen molar-refractivity contribution in [3.05, 3.63) is 80.8 Å². The molecule has 0 spiro atoms. The van der Waals surface area contributed by atoms with Crippen LogP contribution in [0.1, 0.15) is 32.0 Å². The van der Waals surface area contributed by atoms with Crippen LogP contribution < -0.4 is 10.2 Å². The van der Waals surface area contributed by atoms with Crippen molar-refractivity contribution < 1.29 is 27.1 Å². The molecule has 8 nitrogen and oxygen atoms in total. The highest BCUT2D eigenvalue weighted by Crippen LogP contribution is 2.37. The number of benzene rings is 1. The number of nitrogens with one attached hydrogen (secondary N) is 1. The Kier molecular flexibility index (Phi) is 7.12. The van der Waals surface area contributed by atoms with Gasteiger partial charge in [0, 0.05) is 46.6 Å². The second-order valence-corrected chi connectivity index (χ2v) is 11.1. The minimum Gasteiger partial charge on any atom is -0.422 e. The first-order valence-electron chi connectivity index (χ1n) is 13.1. The average Bonchev–Trinajstić information content (AvgIpc) is 3.50. The fraction of sp³-hybridized carbons (Fsp3) is 0.310. The molecule has 3 aromatic heterocycles. The minimum absolute atomic E-state index is 0.0160. The second kappa shape index (κ2) is 10.7. The first-order chi connectivity index (χ1) is 19.7. The molecule has 0 radical (unpaired) electrons. The number of aryl methyl sites for hydroxylation is 1. The summed E-state index contributed by atoms with van der Waals surface area (Å²) in [6.07, 6.45) is -3.16. The van der Waals surface area contributed by atoms with E-state index in [2.05, 4.69) is 15.3 Å². The molecule has 5 heterocycles. The third kappa shape index (κ3) is 5.36. The van der Waals surface area contributed by atoms with Gasteiger partial charge in [0.2, 0.25) is 0 Å². The lowest BCUT2D eigenvalue weighted by Crippen LogP contribution is -2.36.